The summed E-state index contributed by atoms with van der Waals surface area (Å²) in [5.41, 5.74) is 0.755. The normalized spacial score (nSPS) is 23.3. The van der Waals surface area contributed by atoms with E-state index in [-0.39, 0.29) is 17.9 Å². The molecule has 2 aliphatic rings. The summed E-state index contributed by atoms with van der Waals surface area (Å²) in [7, 11) is 1.91. The molecular weight excluding hydrogens is 244 g/mol. The summed E-state index contributed by atoms with van der Waals surface area (Å²) in [4.78, 5) is 27.6. The van der Waals surface area contributed by atoms with Crippen molar-refractivity contribution in [2.45, 2.75) is 6.04 Å². The molecule has 1 unspecified atom stereocenters. The Morgan fingerprint density at radius 2 is 2.32 bits per heavy atom. The summed E-state index contributed by atoms with van der Waals surface area (Å²) in [6.45, 7) is 3.37. The maximum atomic E-state index is 12.1. The highest BCUT2D eigenvalue weighted by Crippen LogP contribution is 2.14. The lowest BCUT2D eigenvalue weighted by Gasteiger charge is -2.35. The molecule has 2 amide bonds. The monoisotopic (exact) mass is 262 g/mol. The van der Waals surface area contributed by atoms with E-state index in [2.05, 4.69) is 10.2 Å². The first-order valence-electron chi connectivity index (χ1n) is 6.55. The van der Waals surface area contributed by atoms with Gasteiger partial charge in [0.2, 0.25) is 0 Å². The van der Waals surface area contributed by atoms with E-state index < -0.39 is 0 Å². The van der Waals surface area contributed by atoms with E-state index in [1.807, 2.05) is 35.0 Å². The van der Waals surface area contributed by atoms with E-state index in [0.29, 0.717) is 19.6 Å². The molecule has 19 heavy (non-hydrogen) atoms. The summed E-state index contributed by atoms with van der Waals surface area (Å²) in [6.07, 6.45) is 3.73. The number of hydrogen-bond donors (Lipinski definition) is 1. The topological polar surface area (TPSA) is 57.6 Å². The third-order valence-corrected chi connectivity index (χ3v) is 3.84. The van der Waals surface area contributed by atoms with Crippen molar-refractivity contribution in [3.05, 3.63) is 24.0 Å². The van der Waals surface area contributed by atoms with Gasteiger partial charge in [0.15, 0.2) is 5.78 Å². The van der Waals surface area contributed by atoms with Gasteiger partial charge in [0, 0.05) is 51.2 Å². The second kappa shape index (κ2) is 4.70. The van der Waals surface area contributed by atoms with Gasteiger partial charge >= 0.3 is 6.03 Å². The van der Waals surface area contributed by atoms with Crippen molar-refractivity contribution in [3.8, 4) is 0 Å². The molecule has 0 aliphatic carbocycles. The van der Waals surface area contributed by atoms with Crippen LogP contribution in [0.4, 0.5) is 4.79 Å². The number of carbonyl (C=O) groups is 2. The standard InChI is InChI=1S/C13H18N4O2/c1-15-3-2-10(7-15)12(18)9-16-4-5-17-11(8-16)6-14-13(17)19/h2-3,7,11H,4-6,8-9H2,1H3,(H,14,19). The van der Waals surface area contributed by atoms with Crippen LogP contribution in [0.3, 0.4) is 0 Å². The van der Waals surface area contributed by atoms with Crippen LogP contribution in [0.1, 0.15) is 10.4 Å². The van der Waals surface area contributed by atoms with Crippen LogP contribution in [0.15, 0.2) is 18.5 Å². The molecule has 3 rings (SSSR count). The number of nitrogens with one attached hydrogen (secondary N) is 1. The lowest BCUT2D eigenvalue weighted by atomic mass is 10.1. The third-order valence-electron chi connectivity index (χ3n) is 3.84. The average molecular weight is 262 g/mol. The molecule has 1 N–H and O–H groups in total. The molecule has 1 aromatic rings. The number of piperazine rings is 1. The first-order chi connectivity index (χ1) is 9.13. The molecule has 0 aromatic carbocycles. The Morgan fingerprint density at radius 1 is 1.47 bits per heavy atom. The highest BCUT2D eigenvalue weighted by molar-refractivity contribution is 5.97. The van der Waals surface area contributed by atoms with E-state index in [4.69, 9.17) is 0 Å². The minimum Gasteiger partial charge on any atom is -0.357 e. The lowest BCUT2D eigenvalue weighted by Crippen LogP contribution is -2.53. The molecule has 2 fully saturated rings. The molecule has 1 atom stereocenters. The molecular formula is C13H18N4O2. The van der Waals surface area contributed by atoms with Crippen LogP contribution in [0.5, 0.6) is 0 Å². The highest BCUT2D eigenvalue weighted by atomic mass is 16.2. The zero-order valence-electron chi connectivity index (χ0n) is 11.0. The summed E-state index contributed by atoms with van der Waals surface area (Å²) in [5.74, 6) is 0.145. The van der Waals surface area contributed by atoms with Crippen molar-refractivity contribution in [3.63, 3.8) is 0 Å². The zero-order chi connectivity index (χ0) is 13.4. The molecule has 0 bridgehead atoms. The largest absolute Gasteiger partial charge is 0.357 e. The summed E-state index contributed by atoms with van der Waals surface area (Å²) in [6, 6.07) is 2.09. The Morgan fingerprint density at radius 3 is 3.05 bits per heavy atom. The second-order valence-corrected chi connectivity index (χ2v) is 5.26. The number of fused-ring (bicyclic) bond motifs is 1. The van der Waals surface area contributed by atoms with Gasteiger partial charge < -0.3 is 14.8 Å². The predicted octanol–water partition coefficient (Wildman–Crippen LogP) is -0.0828. The Balaban J connectivity index is 1.59. The smallest absolute Gasteiger partial charge is 0.317 e. The molecule has 6 heteroatoms. The summed E-state index contributed by atoms with van der Waals surface area (Å²) >= 11 is 0. The van der Waals surface area contributed by atoms with E-state index in [1.54, 1.807) is 0 Å². The Hall–Kier alpha value is -1.82. The Bertz CT molecular complexity index is 510. The first kappa shape index (κ1) is 12.2. The van der Waals surface area contributed by atoms with E-state index in [0.717, 1.165) is 18.7 Å². The third kappa shape index (κ3) is 2.35. The van der Waals surface area contributed by atoms with Crippen LogP contribution in [-0.2, 0) is 7.05 Å². The number of hydrogen-bond acceptors (Lipinski definition) is 3. The van der Waals surface area contributed by atoms with Gasteiger partial charge in [0.1, 0.15) is 0 Å². The van der Waals surface area contributed by atoms with Crippen molar-refractivity contribution in [2.75, 3.05) is 32.7 Å². The van der Waals surface area contributed by atoms with Gasteiger partial charge in [-0.3, -0.25) is 9.69 Å². The fourth-order valence-corrected chi connectivity index (χ4v) is 2.77. The van der Waals surface area contributed by atoms with Crippen molar-refractivity contribution < 1.29 is 9.59 Å². The number of nitrogens with zero attached hydrogens (tertiary/aromatic N) is 3. The van der Waals surface area contributed by atoms with Gasteiger partial charge in [-0.05, 0) is 6.07 Å². The minimum absolute atomic E-state index is 0.0269. The van der Waals surface area contributed by atoms with Crippen molar-refractivity contribution in [2.24, 2.45) is 7.05 Å². The van der Waals surface area contributed by atoms with E-state index in [1.165, 1.54) is 0 Å². The fourth-order valence-electron chi connectivity index (χ4n) is 2.77. The summed E-state index contributed by atoms with van der Waals surface area (Å²) in [5, 5.41) is 2.84. The molecule has 2 saturated heterocycles. The molecule has 102 valence electrons. The van der Waals surface area contributed by atoms with Gasteiger partial charge in [-0.25, -0.2) is 4.79 Å². The van der Waals surface area contributed by atoms with Crippen LogP contribution in [0, 0.1) is 0 Å². The molecule has 0 saturated carbocycles. The maximum absolute atomic E-state index is 12.1. The number of carbonyl (C=O) groups excluding carboxylic acids is 2. The lowest BCUT2D eigenvalue weighted by molar-refractivity contribution is 0.0838. The minimum atomic E-state index is 0.0269. The number of ketones is 1. The van der Waals surface area contributed by atoms with Crippen LogP contribution < -0.4 is 5.32 Å². The number of aromatic nitrogens is 1. The van der Waals surface area contributed by atoms with Gasteiger partial charge in [-0.1, -0.05) is 0 Å². The average Bonchev–Trinajstić information content (AvgIpc) is 2.97. The molecule has 6 nitrogen and oxygen atoms in total. The predicted molar refractivity (Wildman–Crippen MR) is 70.1 cm³/mol. The molecule has 2 aliphatic heterocycles. The van der Waals surface area contributed by atoms with Gasteiger partial charge in [-0.15, -0.1) is 0 Å². The van der Waals surface area contributed by atoms with Crippen molar-refractivity contribution >= 4 is 11.8 Å². The van der Waals surface area contributed by atoms with Gasteiger partial charge in [-0.2, -0.15) is 0 Å². The zero-order valence-corrected chi connectivity index (χ0v) is 11.0. The number of urea groups is 1. The highest BCUT2D eigenvalue weighted by Gasteiger charge is 2.35. The molecule has 3 heterocycles. The molecule has 0 radical (unpaired) electrons. The van der Waals surface area contributed by atoms with Gasteiger partial charge in [0.25, 0.3) is 0 Å². The fraction of sp³-hybridized carbons (Fsp3) is 0.538. The number of rotatable bonds is 3. The SMILES string of the molecule is Cn1ccc(C(=O)CN2CCN3C(=O)NCC3C2)c1. The Kier molecular flexibility index (Phi) is 3.02. The van der Waals surface area contributed by atoms with Crippen LogP contribution >= 0.6 is 0 Å². The van der Waals surface area contributed by atoms with Crippen molar-refractivity contribution in [1.29, 1.82) is 0 Å². The number of aryl methyl sites for hydroxylation is 1. The van der Waals surface area contributed by atoms with Gasteiger partial charge in [0.05, 0.1) is 12.6 Å². The van der Waals surface area contributed by atoms with Crippen molar-refractivity contribution in [1.82, 2.24) is 19.7 Å². The summed E-state index contributed by atoms with van der Waals surface area (Å²) < 4.78 is 1.88. The molecule has 0 spiro atoms. The molecule has 1 aromatic heterocycles. The second-order valence-electron chi connectivity index (χ2n) is 5.26. The van der Waals surface area contributed by atoms with Crippen LogP contribution in [0.25, 0.3) is 0 Å². The van der Waals surface area contributed by atoms with Crippen LogP contribution in [-0.4, -0.2) is 64.9 Å². The quantitative estimate of drug-likeness (QED) is 0.775. The number of amides is 2. The Labute approximate surface area is 112 Å². The van der Waals surface area contributed by atoms with E-state index in [9.17, 15) is 9.59 Å². The maximum Gasteiger partial charge on any atom is 0.317 e. The number of Topliss-reactive ketones (excluding diaryl/α,β-unsaturated/α-hetero) is 1. The van der Waals surface area contributed by atoms with E-state index >= 15 is 0 Å². The van der Waals surface area contributed by atoms with Crippen LogP contribution in [0.2, 0.25) is 0 Å². The first-order valence-corrected chi connectivity index (χ1v) is 6.55.